The van der Waals surface area contributed by atoms with Gasteiger partial charge in [0.2, 0.25) is 0 Å². The number of carbonyl (C=O) groups excluding carboxylic acids is 1. The number of phenols is 1. The molecule has 0 atom stereocenters. The summed E-state index contributed by atoms with van der Waals surface area (Å²) in [5.41, 5.74) is 3.92. The smallest absolute Gasteiger partial charge is 0.277 e. The molecule has 0 aromatic heterocycles. The van der Waals surface area contributed by atoms with Crippen LogP contribution in [0.3, 0.4) is 0 Å². The lowest BCUT2D eigenvalue weighted by Crippen LogP contribution is -2.24. The molecule has 0 spiro atoms. The van der Waals surface area contributed by atoms with Gasteiger partial charge in [-0.25, -0.2) is 5.43 Å². The number of rotatable bonds is 5. The second-order valence-corrected chi connectivity index (χ2v) is 6.49. The van der Waals surface area contributed by atoms with Crippen LogP contribution in [0, 0.1) is 6.92 Å². The van der Waals surface area contributed by atoms with E-state index in [0.717, 1.165) is 14.5 Å². The number of halogens is 2. The maximum Gasteiger partial charge on any atom is 0.277 e. The normalized spacial score (nSPS) is 10.7. The molecule has 2 rings (SSSR count). The topological polar surface area (TPSA) is 70.9 Å². The zero-order valence-corrected chi connectivity index (χ0v) is 15.4. The van der Waals surface area contributed by atoms with E-state index in [4.69, 9.17) is 4.74 Å². The van der Waals surface area contributed by atoms with Crippen LogP contribution in [0.5, 0.6) is 11.5 Å². The fourth-order valence-electron chi connectivity index (χ4n) is 1.70. The van der Waals surface area contributed by atoms with E-state index in [0.29, 0.717) is 11.3 Å². The van der Waals surface area contributed by atoms with Crippen LogP contribution in [-0.2, 0) is 4.79 Å². The van der Waals surface area contributed by atoms with Gasteiger partial charge >= 0.3 is 0 Å². The zero-order valence-electron chi connectivity index (χ0n) is 12.2. The summed E-state index contributed by atoms with van der Waals surface area (Å²) >= 11 is 6.67. The molecule has 0 aliphatic carbocycles. The van der Waals surface area contributed by atoms with E-state index in [1.807, 2.05) is 19.1 Å². The number of hydrazone groups is 1. The van der Waals surface area contributed by atoms with Crippen molar-refractivity contribution in [1.29, 1.82) is 0 Å². The summed E-state index contributed by atoms with van der Waals surface area (Å²) in [6.45, 7) is 1.80. The lowest BCUT2D eigenvalue weighted by Gasteiger charge is -2.07. The summed E-state index contributed by atoms with van der Waals surface area (Å²) in [7, 11) is 0. The molecule has 0 saturated heterocycles. The summed E-state index contributed by atoms with van der Waals surface area (Å²) in [6, 6.07) is 10.5. The minimum absolute atomic E-state index is 0.0750. The fraction of sp³-hybridized carbons (Fsp3) is 0.125. The van der Waals surface area contributed by atoms with Crippen molar-refractivity contribution in [3.05, 3.63) is 56.5 Å². The zero-order chi connectivity index (χ0) is 16.8. The van der Waals surface area contributed by atoms with Gasteiger partial charge in [0.1, 0.15) is 11.5 Å². The molecular formula is C16H14Br2N2O3. The fourth-order valence-corrected chi connectivity index (χ4v) is 2.69. The van der Waals surface area contributed by atoms with Gasteiger partial charge in [-0.1, -0.05) is 22.0 Å². The summed E-state index contributed by atoms with van der Waals surface area (Å²) < 4.78 is 7.00. The number of amides is 1. The summed E-state index contributed by atoms with van der Waals surface area (Å²) in [6.07, 6.45) is 1.36. The lowest BCUT2D eigenvalue weighted by atomic mass is 10.2. The number of benzene rings is 2. The highest BCUT2D eigenvalue weighted by Gasteiger charge is 2.05. The second kappa shape index (κ2) is 8.12. The Hall–Kier alpha value is -1.86. The average Bonchev–Trinajstić information content (AvgIpc) is 2.50. The number of nitrogens with zero attached hydrogens (tertiary/aromatic N) is 1. The first-order chi connectivity index (χ1) is 11.0. The highest BCUT2D eigenvalue weighted by atomic mass is 79.9. The van der Waals surface area contributed by atoms with Gasteiger partial charge in [0.25, 0.3) is 5.91 Å². The molecule has 5 nitrogen and oxygen atoms in total. The molecule has 0 radical (unpaired) electrons. The van der Waals surface area contributed by atoms with Gasteiger partial charge < -0.3 is 9.84 Å². The van der Waals surface area contributed by atoms with Crippen LogP contribution in [0.1, 0.15) is 11.1 Å². The molecule has 0 fully saturated rings. The van der Waals surface area contributed by atoms with Crippen LogP contribution in [0.25, 0.3) is 0 Å². The predicted molar refractivity (Wildman–Crippen MR) is 95.9 cm³/mol. The molecule has 120 valence electrons. The van der Waals surface area contributed by atoms with E-state index in [1.54, 1.807) is 18.2 Å². The average molecular weight is 442 g/mol. The quantitative estimate of drug-likeness (QED) is 0.548. The van der Waals surface area contributed by atoms with Crippen LogP contribution in [0.15, 0.2) is 50.4 Å². The van der Waals surface area contributed by atoms with E-state index in [1.165, 1.54) is 12.3 Å². The molecule has 1 amide bonds. The van der Waals surface area contributed by atoms with Crippen molar-refractivity contribution in [2.24, 2.45) is 5.10 Å². The van der Waals surface area contributed by atoms with Crippen LogP contribution < -0.4 is 10.2 Å². The van der Waals surface area contributed by atoms with Crippen molar-refractivity contribution >= 4 is 44.0 Å². The van der Waals surface area contributed by atoms with Gasteiger partial charge in [-0.15, -0.1) is 0 Å². The summed E-state index contributed by atoms with van der Waals surface area (Å²) in [5, 5.41) is 13.4. The number of phenolic OH excluding ortho intramolecular Hbond substituents is 1. The number of ether oxygens (including phenoxy) is 1. The van der Waals surface area contributed by atoms with Gasteiger partial charge in [-0.05, 0) is 58.7 Å². The van der Waals surface area contributed by atoms with Crippen molar-refractivity contribution in [2.45, 2.75) is 6.92 Å². The second-order valence-electron chi connectivity index (χ2n) is 4.72. The Kier molecular flexibility index (Phi) is 6.18. The SMILES string of the molecule is Cc1ccc(OCC(=O)NN=Cc2cc(Br)ccc2O)c(Br)c1. The third-order valence-corrected chi connectivity index (χ3v) is 3.94. The largest absolute Gasteiger partial charge is 0.507 e. The number of aryl methyl sites for hydroxylation is 1. The van der Waals surface area contributed by atoms with Gasteiger partial charge in [-0.2, -0.15) is 5.10 Å². The summed E-state index contributed by atoms with van der Waals surface area (Å²) in [4.78, 5) is 11.7. The Bertz CT molecular complexity index is 748. The molecule has 7 heteroatoms. The minimum atomic E-state index is -0.400. The van der Waals surface area contributed by atoms with E-state index in [2.05, 4.69) is 42.4 Å². The number of carbonyl (C=O) groups is 1. The highest BCUT2D eigenvalue weighted by molar-refractivity contribution is 9.10. The van der Waals surface area contributed by atoms with E-state index in [-0.39, 0.29) is 12.4 Å². The Balaban J connectivity index is 1.87. The van der Waals surface area contributed by atoms with E-state index >= 15 is 0 Å². The van der Waals surface area contributed by atoms with Crippen molar-refractivity contribution in [1.82, 2.24) is 5.43 Å². The molecule has 0 aliphatic rings. The third-order valence-electron chi connectivity index (χ3n) is 2.83. The lowest BCUT2D eigenvalue weighted by molar-refractivity contribution is -0.123. The molecule has 0 bridgehead atoms. The molecule has 2 N–H and O–H groups in total. The molecule has 2 aromatic carbocycles. The molecule has 2 aromatic rings. The van der Waals surface area contributed by atoms with Crippen molar-refractivity contribution in [3.63, 3.8) is 0 Å². The monoisotopic (exact) mass is 440 g/mol. The van der Waals surface area contributed by atoms with E-state index in [9.17, 15) is 9.90 Å². The van der Waals surface area contributed by atoms with Gasteiger partial charge in [0.15, 0.2) is 6.61 Å². The first kappa shape index (κ1) is 17.5. The molecule has 0 aliphatic heterocycles. The molecule has 0 unspecified atom stereocenters. The first-order valence-electron chi connectivity index (χ1n) is 6.65. The Morgan fingerprint density at radius 3 is 2.83 bits per heavy atom. The first-order valence-corrected chi connectivity index (χ1v) is 8.23. The molecule has 23 heavy (non-hydrogen) atoms. The van der Waals surface area contributed by atoms with Crippen molar-refractivity contribution in [3.8, 4) is 11.5 Å². The van der Waals surface area contributed by atoms with Crippen LogP contribution in [0.2, 0.25) is 0 Å². The Morgan fingerprint density at radius 1 is 1.30 bits per heavy atom. The Labute approximate surface area is 150 Å². The molecule has 0 heterocycles. The van der Waals surface area contributed by atoms with Crippen molar-refractivity contribution in [2.75, 3.05) is 6.61 Å². The van der Waals surface area contributed by atoms with Crippen LogP contribution in [-0.4, -0.2) is 23.8 Å². The highest BCUT2D eigenvalue weighted by Crippen LogP contribution is 2.25. The van der Waals surface area contributed by atoms with Crippen molar-refractivity contribution < 1.29 is 14.6 Å². The Morgan fingerprint density at radius 2 is 2.09 bits per heavy atom. The minimum Gasteiger partial charge on any atom is -0.507 e. The van der Waals surface area contributed by atoms with Crippen LogP contribution in [0.4, 0.5) is 0 Å². The van der Waals surface area contributed by atoms with Crippen LogP contribution >= 0.6 is 31.9 Å². The number of aromatic hydroxyl groups is 1. The van der Waals surface area contributed by atoms with Gasteiger partial charge in [0, 0.05) is 10.0 Å². The number of hydrogen-bond acceptors (Lipinski definition) is 4. The van der Waals surface area contributed by atoms with E-state index < -0.39 is 5.91 Å². The molecule has 0 saturated carbocycles. The third kappa shape index (κ3) is 5.37. The number of nitrogens with one attached hydrogen (secondary N) is 1. The number of hydrogen-bond donors (Lipinski definition) is 2. The van der Waals surface area contributed by atoms with Gasteiger partial charge in [-0.3, -0.25) is 4.79 Å². The maximum atomic E-state index is 11.7. The summed E-state index contributed by atoms with van der Waals surface area (Å²) in [5.74, 6) is 0.258. The standard InChI is InChI=1S/C16H14Br2N2O3/c1-10-2-5-15(13(18)6-10)23-9-16(22)20-19-8-11-7-12(17)3-4-14(11)21/h2-8,21H,9H2,1H3,(H,20,22). The van der Waals surface area contributed by atoms with Gasteiger partial charge in [0.05, 0.1) is 10.7 Å². The maximum absolute atomic E-state index is 11.7. The predicted octanol–water partition coefficient (Wildman–Crippen LogP) is 3.75. The molecular weight excluding hydrogens is 428 g/mol.